The summed E-state index contributed by atoms with van der Waals surface area (Å²) in [5, 5.41) is 10.4. The molecule has 3 N–H and O–H groups in total. The Kier molecular flexibility index (Phi) is 5.68. The van der Waals surface area contributed by atoms with E-state index in [-0.39, 0.29) is 11.7 Å². The molecule has 126 valence electrons. The second-order valence-electron chi connectivity index (χ2n) is 6.24. The molecule has 0 radical (unpaired) electrons. The van der Waals surface area contributed by atoms with Gasteiger partial charge in [0, 0.05) is 26.3 Å². The number of amidine groups is 1. The highest BCUT2D eigenvalue weighted by Crippen LogP contribution is 2.38. The molecule has 23 heavy (non-hydrogen) atoms. The van der Waals surface area contributed by atoms with Crippen molar-refractivity contribution in [3.63, 3.8) is 0 Å². The fourth-order valence-electron chi connectivity index (χ4n) is 2.75. The van der Waals surface area contributed by atoms with E-state index >= 15 is 0 Å². The van der Waals surface area contributed by atoms with Crippen molar-refractivity contribution in [2.24, 2.45) is 9.98 Å². The number of hydrogen-bond donors (Lipinski definition) is 3. The van der Waals surface area contributed by atoms with Gasteiger partial charge in [0.15, 0.2) is 5.84 Å². The summed E-state index contributed by atoms with van der Waals surface area (Å²) in [6.45, 7) is 2.97. The lowest BCUT2D eigenvalue weighted by Crippen LogP contribution is -2.35. The van der Waals surface area contributed by atoms with Crippen LogP contribution < -0.4 is 5.32 Å². The molecule has 0 aliphatic carbocycles. The van der Waals surface area contributed by atoms with Crippen LogP contribution in [0.15, 0.2) is 22.1 Å². The Morgan fingerprint density at radius 3 is 3.00 bits per heavy atom. The van der Waals surface area contributed by atoms with E-state index in [4.69, 9.17) is 10.1 Å². The Morgan fingerprint density at radius 1 is 1.57 bits per heavy atom. The van der Waals surface area contributed by atoms with Crippen LogP contribution in [0, 0.1) is 5.41 Å². The Morgan fingerprint density at radius 2 is 2.35 bits per heavy atom. The third kappa shape index (κ3) is 4.49. The lowest BCUT2D eigenvalue weighted by Gasteiger charge is -2.24. The van der Waals surface area contributed by atoms with Gasteiger partial charge in [-0.3, -0.25) is 5.41 Å². The summed E-state index contributed by atoms with van der Waals surface area (Å²) in [7, 11) is 5.72. The van der Waals surface area contributed by atoms with Crippen LogP contribution in [0.5, 0.6) is 0 Å². The average Bonchev–Trinajstić information content (AvgIpc) is 3.11. The Bertz CT molecular complexity index is 591. The number of hydrogen-bond acceptors (Lipinski definition) is 3. The number of nitrogens with zero attached hydrogens (tertiary/aromatic N) is 3. The summed E-state index contributed by atoms with van der Waals surface area (Å²) < 4.78 is 6.20. The van der Waals surface area contributed by atoms with Gasteiger partial charge in [-0.25, -0.2) is 9.98 Å². The number of H-pyrrole nitrogens is 1. The van der Waals surface area contributed by atoms with Crippen molar-refractivity contribution < 1.29 is 4.74 Å². The van der Waals surface area contributed by atoms with Gasteiger partial charge in [-0.1, -0.05) is 0 Å². The SMILES string of the molecule is CNC[C@@]1(C)CCC(c2ccc(C(N=CN(C)C)=NC=N)[nH]2)O1. The number of aliphatic imine (C=N–C) groups is 2. The lowest BCUT2D eigenvalue weighted by atomic mass is 10.0. The maximum absolute atomic E-state index is 7.19. The first kappa shape index (κ1) is 17.4. The minimum absolute atomic E-state index is 0.0566. The molecule has 0 bridgehead atoms. The highest BCUT2D eigenvalue weighted by molar-refractivity contribution is 6.04. The van der Waals surface area contributed by atoms with Gasteiger partial charge < -0.3 is 19.9 Å². The first-order valence-electron chi connectivity index (χ1n) is 7.76. The van der Waals surface area contributed by atoms with Crippen molar-refractivity contribution in [1.29, 1.82) is 5.41 Å². The van der Waals surface area contributed by atoms with Crippen LogP contribution in [0.2, 0.25) is 0 Å². The molecule has 1 fully saturated rings. The molecule has 1 unspecified atom stereocenters. The van der Waals surface area contributed by atoms with Crippen LogP contribution in [-0.2, 0) is 4.74 Å². The van der Waals surface area contributed by atoms with Gasteiger partial charge in [-0.05, 0) is 38.9 Å². The van der Waals surface area contributed by atoms with E-state index in [9.17, 15) is 0 Å². The van der Waals surface area contributed by atoms with E-state index in [1.54, 1.807) is 6.34 Å². The van der Waals surface area contributed by atoms with Crippen molar-refractivity contribution in [2.75, 3.05) is 27.7 Å². The molecule has 1 aromatic heterocycles. The zero-order chi connectivity index (χ0) is 16.9. The first-order chi connectivity index (χ1) is 11.0. The van der Waals surface area contributed by atoms with Crippen LogP contribution in [0.3, 0.4) is 0 Å². The third-order valence-corrected chi connectivity index (χ3v) is 3.81. The Hall–Kier alpha value is -1.99. The van der Waals surface area contributed by atoms with Gasteiger partial charge in [0.2, 0.25) is 0 Å². The number of aromatic nitrogens is 1. The third-order valence-electron chi connectivity index (χ3n) is 3.81. The topological polar surface area (TPSA) is 88.9 Å². The summed E-state index contributed by atoms with van der Waals surface area (Å²) >= 11 is 0. The van der Waals surface area contributed by atoms with E-state index in [2.05, 4.69) is 27.2 Å². The summed E-state index contributed by atoms with van der Waals surface area (Å²) in [5.41, 5.74) is 1.68. The molecular weight excluding hydrogens is 292 g/mol. The predicted octanol–water partition coefficient (Wildman–Crippen LogP) is 1.79. The summed E-state index contributed by atoms with van der Waals surface area (Å²) in [5.74, 6) is 0.482. The van der Waals surface area contributed by atoms with Crippen LogP contribution in [0.25, 0.3) is 0 Å². The van der Waals surface area contributed by atoms with Gasteiger partial charge in [-0.15, -0.1) is 0 Å². The number of aromatic amines is 1. The molecule has 0 amide bonds. The lowest BCUT2D eigenvalue weighted by molar-refractivity contribution is -0.0287. The van der Waals surface area contributed by atoms with E-state index in [1.807, 2.05) is 38.2 Å². The van der Waals surface area contributed by atoms with Crippen LogP contribution >= 0.6 is 0 Å². The first-order valence-corrected chi connectivity index (χ1v) is 7.76. The molecule has 7 nitrogen and oxygen atoms in total. The van der Waals surface area contributed by atoms with E-state index in [0.29, 0.717) is 5.84 Å². The monoisotopic (exact) mass is 318 g/mol. The predicted molar refractivity (Wildman–Crippen MR) is 93.7 cm³/mol. The summed E-state index contributed by atoms with van der Waals surface area (Å²) in [6, 6.07) is 3.94. The zero-order valence-electron chi connectivity index (χ0n) is 14.3. The standard InChI is InChI=1S/C16H26N6O/c1-16(9-18-2)8-7-14(23-16)12-5-6-13(21-12)15(19-10-17)20-11-22(3)4/h5-6,10-11,14,17-18,21H,7-9H2,1-4H3/t14?,16-/m1/s1. The van der Waals surface area contributed by atoms with Crippen molar-refractivity contribution in [2.45, 2.75) is 31.5 Å². The molecule has 1 aliphatic rings. The van der Waals surface area contributed by atoms with E-state index < -0.39 is 0 Å². The maximum Gasteiger partial charge on any atom is 0.178 e. The molecule has 2 rings (SSSR count). The molecule has 2 heterocycles. The number of rotatable bonds is 6. The second-order valence-corrected chi connectivity index (χ2v) is 6.24. The number of likely N-dealkylation sites (N-methyl/N-ethyl adjacent to an activating group) is 1. The van der Waals surface area contributed by atoms with Crippen molar-refractivity contribution >= 4 is 18.5 Å². The minimum atomic E-state index is -0.125. The van der Waals surface area contributed by atoms with Gasteiger partial charge in [0.25, 0.3) is 0 Å². The van der Waals surface area contributed by atoms with Gasteiger partial charge >= 0.3 is 0 Å². The normalized spacial score (nSPS) is 25.2. The summed E-state index contributed by atoms with van der Waals surface area (Å²) in [6.07, 6.45) is 4.72. The molecule has 0 saturated carbocycles. The molecule has 0 aromatic carbocycles. The van der Waals surface area contributed by atoms with E-state index in [1.165, 1.54) is 0 Å². The number of nitrogens with one attached hydrogen (secondary N) is 3. The molecule has 0 spiro atoms. The van der Waals surface area contributed by atoms with Gasteiger partial charge in [0.1, 0.15) is 6.34 Å². The molecule has 2 atom stereocenters. The van der Waals surface area contributed by atoms with Crippen LogP contribution in [0.4, 0.5) is 0 Å². The minimum Gasteiger partial charge on any atom is -0.369 e. The summed E-state index contributed by atoms with van der Waals surface area (Å²) in [4.78, 5) is 13.5. The van der Waals surface area contributed by atoms with Crippen molar-refractivity contribution in [1.82, 2.24) is 15.2 Å². The number of ether oxygens (including phenoxy) is 1. The quantitative estimate of drug-likeness (QED) is 0.552. The Labute approximate surface area is 137 Å². The largest absolute Gasteiger partial charge is 0.369 e. The smallest absolute Gasteiger partial charge is 0.178 e. The highest BCUT2D eigenvalue weighted by atomic mass is 16.5. The molecule has 1 saturated heterocycles. The maximum atomic E-state index is 7.19. The van der Waals surface area contributed by atoms with Gasteiger partial charge in [-0.2, -0.15) is 0 Å². The molecule has 1 aliphatic heterocycles. The fourth-order valence-corrected chi connectivity index (χ4v) is 2.75. The fraction of sp³-hybridized carbons (Fsp3) is 0.562. The second kappa shape index (κ2) is 7.52. The van der Waals surface area contributed by atoms with E-state index in [0.717, 1.165) is 37.1 Å². The highest BCUT2D eigenvalue weighted by Gasteiger charge is 2.36. The van der Waals surface area contributed by atoms with Crippen LogP contribution in [-0.4, -0.2) is 61.7 Å². The van der Waals surface area contributed by atoms with Crippen LogP contribution in [0.1, 0.15) is 37.3 Å². The van der Waals surface area contributed by atoms with Gasteiger partial charge in [0.05, 0.1) is 23.7 Å². The average molecular weight is 318 g/mol. The van der Waals surface area contributed by atoms with Crippen molar-refractivity contribution in [3.05, 3.63) is 23.5 Å². The molecule has 7 heteroatoms. The molecule has 1 aromatic rings. The van der Waals surface area contributed by atoms with Crippen molar-refractivity contribution in [3.8, 4) is 0 Å². The zero-order valence-corrected chi connectivity index (χ0v) is 14.3. The Balaban J connectivity index is 2.14. The molecular formula is C16H26N6O.